The minimum absolute atomic E-state index is 0.0483. The number of anilines is 1. The fourth-order valence-electron chi connectivity index (χ4n) is 2.04. The van der Waals surface area contributed by atoms with E-state index in [1.54, 1.807) is 6.20 Å². The molecule has 0 bridgehead atoms. The van der Waals surface area contributed by atoms with Crippen molar-refractivity contribution < 1.29 is 9.90 Å². The first-order valence-corrected chi connectivity index (χ1v) is 5.79. The molecular formula is C12H17N3O2. The van der Waals surface area contributed by atoms with Crippen molar-refractivity contribution in [1.29, 1.82) is 0 Å². The Morgan fingerprint density at radius 3 is 2.47 bits per heavy atom. The molecule has 1 N–H and O–H groups in total. The Hall–Kier alpha value is -1.65. The van der Waals surface area contributed by atoms with Crippen molar-refractivity contribution in [2.45, 2.75) is 26.7 Å². The van der Waals surface area contributed by atoms with E-state index in [4.69, 9.17) is 5.11 Å². The van der Waals surface area contributed by atoms with Crippen LogP contribution in [0.1, 0.15) is 37.2 Å². The van der Waals surface area contributed by atoms with Gasteiger partial charge in [-0.2, -0.15) is 0 Å². The number of aromatic carboxylic acids is 1. The number of nitrogens with zero attached hydrogens (tertiary/aromatic N) is 3. The molecule has 0 saturated carbocycles. The van der Waals surface area contributed by atoms with Crippen molar-refractivity contribution in [3.8, 4) is 0 Å². The lowest BCUT2D eigenvalue weighted by Crippen LogP contribution is -2.38. The summed E-state index contributed by atoms with van der Waals surface area (Å²) in [6.45, 7) is 6.15. The third-order valence-corrected chi connectivity index (χ3v) is 3.30. The molecule has 5 heteroatoms. The highest BCUT2D eigenvalue weighted by Gasteiger charge is 2.28. The lowest BCUT2D eigenvalue weighted by Gasteiger charge is -2.37. The number of carboxylic acids is 1. The summed E-state index contributed by atoms with van der Waals surface area (Å²) in [5, 5.41) is 9.07. The van der Waals surface area contributed by atoms with Crippen LogP contribution in [0.3, 0.4) is 0 Å². The molecule has 0 radical (unpaired) electrons. The summed E-state index contributed by atoms with van der Waals surface area (Å²) >= 11 is 0. The average molecular weight is 235 g/mol. The molecular weight excluding hydrogens is 218 g/mol. The Kier molecular flexibility index (Phi) is 3.00. The highest BCUT2D eigenvalue weighted by atomic mass is 16.4. The van der Waals surface area contributed by atoms with Crippen LogP contribution in [0.5, 0.6) is 0 Å². The van der Waals surface area contributed by atoms with Gasteiger partial charge in [0, 0.05) is 25.5 Å². The standard InChI is InChI=1S/C12H17N3O2/c1-12(2)3-7-15(8-4-12)10-9(11(16)17)13-5-6-14-10/h5-6H,3-4,7-8H2,1-2H3,(H,16,17). The Morgan fingerprint density at radius 1 is 1.29 bits per heavy atom. The molecule has 0 unspecified atom stereocenters. The normalized spacial score (nSPS) is 19.1. The van der Waals surface area contributed by atoms with Crippen LogP contribution < -0.4 is 4.90 Å². The number of hydrogen-bond acceptors (Lipinski definition) is 4. The maximum absolute atomic E-state index is 11.1. The monoisotopic (exact) mass is 235 g/mol. The highest BCUT2D eigenvalue weighted by molar-refractivity contribution is 5.90. The second-order valence-corrected chi connectivity index (χ2v) is 5.18. The quantitative estimate of drug-likeness (QED) is 0.846. The van der Waals surface area contributed by atoms with Gasteiger partial charge in [0.1, 0.15) is 0 Å². The molecule has 1 aliphatic rings. The van der Waals surface area contributed by atoms with E-state index in [1.165, 1.54) is 6.20 Å². The van der Waals surface area contributed by atoms with E-state index in [0.29, 0.717) is 11.2 Å². The zero-order valence-corrected chi connectivity index (χ0v) is 10.2. The van der Waals surface area contributed by atoms with E-state index < -0.39 is 5.97 Å². The highest BCUT2D eigenvalue weighted by Crippen LogP contribution is 2.32. The molecule has 92 valence electrons. The zero-order chi connectivity index (χ0) is 12.5. The van der Waals surface area contributed by atoms with Gasteiger partial charge in [-0.3, -0.25) is 0 Å². The summed E-state index contributed by atoms with van der Waals surface area (Å²) in [6.07, 6.45) is 5.05. The second kappa shape index (κ2) is 4.31. The van der Waals surface area contributed by atoms with Gasteiger partial charge in [-0.15, -0.1) is 0 Å². The van der Waals surface area contributed by atoms with Crippen LogP contribution in [-0.4, -0.2) is 34.1 Å². The van der Waals surface area contributed by atoms with Crippen LogP contribution >= 0.6 is 0 Å². The van der Waals surface area contributed by atoms with E-state index in [1.807, 2.05) is 4.90 Å². The smallest absolute Gasteiger partial charge is 0.358 e. The number of hydrogen-bond donors (Lipinski definition) is 1. The number of carboxylic acid groups (broad SMARTS) is 1. The molecule has 0 spiro atoms. The fraction of sp³-hybridized carbons (Fsp3) is 0.583. The Balaban J connectivity index is 2.21. The van der Waals surface area contributed by atoms with Gasteiger partial charge in [0.2, 0.25) is 0 Å². The number of piperidine rings is 1. The zero-order valence-electron chi connectivity index (χ0n) is 10.2. The minimum atomic E-state index is -1.02. The molecule has 1 fully saturated rings. The fourth-order valence-corrected chi connectivity index (χ4v) is 2.04. The Morgan fingerprint density at radius 2 is 1.88 bits per heavy atom. The van der Waals surface area contributed by atoms with E-state index in [2.05, 4.69) is 23.8 Å². The largest absolute Gasteiger partial charge is 0.476 e. The third-order valence-electron chi connectivity index (χ3n) is 3.30. The van der Waals surface area contributed by atoms with Crippen LogP contribution in [0.4, 0.5) is 5.82 Å². The molecule has 17 heavy (non-hydrogen) atoms. The van der Waals surface area contributed by atoms with Crippen molar-refractivity contribution in [2.24, 2.45) is 5.41 Å². The van der Waals surface area contributed by atoms with Gasteiger partial charge in [-0.05, 0) is 18.3 Å². The van der Waals surface area contributed by atoms with Crippen molar-refractivity contribution in [3.63, 3.8) is 0 Å². The minimum Gasteiger partial charge on any atom is -0.476 e. The van der Waals surface area contributed by atoms with Gasteiger partial charge in [-0.25, -0.2) is 14.8 Å². The van der Waals surface area contributed by atoms with E-state index >= 15 is 0 Å². The van der Waals surface area contributed by atoms with Crippen molar-refractivity contribution in [1.82, 2.24) is 9.97 Å². The van der Waals surface area contributed by atoms with Gasteiger partial charge < -0.3 is 10.0 Å². The SMILES string of the molecule is CC1(C)CCN(c2nccnc2C(=O)O)CC1. The van der Waals surface area contributed by atoms with Gasteiger partial charge in [-0.1, -0.05) is 13.8 Å². The summed E-state index contributed by atoms with van der Waals surface area (Å²) in [5.41, 5.74) is 0.384. The molecule has 2 rings (SSSR count). The predicted molar refractivity (Wildman–Crippen MR) is 64.2 cm³/mol. The Bertz CT molecular complexity index is 422. The first-order chi connectivity index (χ1) is 7.99. The molecule has 1 aliphatic heterocycles. The number of carbonyl (C=O) groups is 1. The number of aromatic nitrogens is 2. The first-order valence-electron chi connectivity index (χ1n) is 5.79. The molecule has 0 aliphatic carbocycles. The molecule has 0 atom stereocenters. The molecule has 1 saturated heterocycles. The lowest BCUT2D eigenvalue weighted by atomic mass is 9.83. The predicted octanol–water partition coefficient (Wildman–Crippen LogP) is 1.80. The molecule has 1 aromatic rings. The summed E-state index contributed by atoms with van der Waals surface area (Å²) in [6, 6.07) is 0. The maximum atomic E-state index is 11.1. The summed E-state index contributed by atoms with van der Waals surface area (Å²) in [5.74, 6) is -0.520. The molecule has 5 nitrogen and oxygen atoms in total. The van der Waals surface area contributed by atoms with Crippen molar-refractivity contribution in [2.75, 3.05) is 18.0 Å². The first kappa shape index (κ1) is 11.8. The maximum Gasteiger partial charge on any atom is 0.358 e. The van der Waals surface area contributed by atoms with Crippen LogP contribution in [-0.2, 0) is 0 Å². The van der Waals surface area contributed by atoms with Crippen molar-refractivity contribution >= 4 is 11.8 Å². The topological polar surface area (TPSA) is 66.3 Å². The molecule has 1 aromatic heterocycles. The average Bonchev–Trinajstić information content (AvgIpc) is 2.29. The lowest BCUT2D eigenvalue weighted by molar-refractivity contribution is 0.0690. The van der Waals surface area contributed by atoms with E-state index in [0.717, 1.165) is 25.9 Å². The van der Waals surface area contributed by atoms with Gasteiger partial charge in [0.05, 0.1) is 0 Å². The summed E-state index contributed by atoms with van der Waals surface area (Å²) in [4.78, 5) is 21.1. The summed E-state index contributed by atoms with van der Waals surface area (Å²) < 4.78 is 0. The molecule has 0 aromatic carbocycles. The Labute approximate surface area is 100 Å². The van der Waals surface area contributed by atoms with Crippen LogP contribution in [0.15, 0.2) is 12.4 Å². The second-order valence-electron chi connectivity index (χ2n) is 5.18. The summed E-state index contributed by atoms with van der Waals surface area (Å²) in [7, 11) is 0. The molecule has 2 heterocycles. The van der Waals surface area contributed by atoms with Gasteiger partial charge >= 0.3 is 5.97 Å². The van der Waals surface area contributed by atoms with Crippen LogP contribution in [0, 0.1) is 5.41 Å². The number of rotatable bonds is 2. The van der Waals surface area contributed by atoms with Crippen molar-refractivity contribution in [3.05, 3.63) is 18.1 Å². The third kappa shape index (κ3) is 2.54. The van der Waals surface area contributed by atoms with Crippen LogP contribution in [0.25, 0.3) is 0 Å². The van der Waals surface area contributed by atoms with E-state index in [-0.39, 0.29) is 5.69 Å². The van der Waals surface area contributed by atoms with Gasteiger partial charge in [0.15, 0.2) is 11.5 Å². The van der Waals surface area contributed by atoms with Crippen LogP contribution in [0.2, 0.25) is 0 Å². The van der Waals surface area contributed by atoms with E-state index in [9.17, 15) is 4.79 Å². The molecule has 0 amide bonds. The van der Waals surface area contributed by atoms with Gasteiger partial charge in [0.25, 0.3) is 0 Å².